The van der Waals surface area contributed by atoms with E-state index < -0.39 is 0 Å². The molecule has 0 spiro atoms. The maximum Gasteiger partial charge on any atom is 0.118 e. The molecule has 0 bridgehead atoms. The van der Waals surface area contributed by atoms with Gasteiger partial charge in [0.1, 0.15) is 11.5 Å². The summed E-state index contributed by atoms with van der Waals surface area (Å²) < 4.78 is 5.70. The fraction of sp³-hybridized carbons (Fsp3) is 0.692. The second kappa shape index (κ2) is 7.80. The van der Waals surface area contributed by atoms with E-state index in [4.69, 9.17) is 9.52 Å². The Labute approximate surface area is 108 Å². The molecule has 0 aliphatic heterocycles. The van der Waals surface area contributed by atoms with Crippen LogP contribution in [0.1, 0.15) is 32.3 Å². The Kier molecular flexibility index (Phi) is 6.70. The molecule has 1 rings (SSSR count). The molecule has 0 amide bonds. The third-order valence-electron chi connectivity index (χ3n) is 2.36. The summed E-state index contributed by atoms with van der Waals surface area (Å²) in [5.74, 6) is 4.21. The van der Waals surface area contributed by atoms with E-state index in [1.165, 1.54) is 0 Å². The van der Waals surface area contributed by atoms with Gasteiger partial charge in [-0.1, -0.05) is 20.8 Å². The van der Waals surface area contributed by atoms with E-state index in [0.29, 0.717) is 12.0 Å². The molecule has 1 heterocycles. The van der Waals surface area contributed by atoms with E-state index in [-0.39, 0.29) is 6.61 Å². The van der Waals surface area contributed by atoms with Crippen molar-refractivity contribution in [2.75, 3.05) is 12.4 Å². The number of aliphatic hydroxyl groups is 1. The summed E-state index contributed by atoms with van der Waals surface area (Å²) in [6.07, 6.45) is 0. The van der Waals surface area contributed by atoms with E-state index in [0.717, 1.165) is 29.6 Å². The molecule has 4 heteroatoms. The van der Waals surface area contributed by atoms with Crippen LogP contribution in [0, 0.1) is 5.92 Å². The van der Waals surface area contributed by atoms with Gasteiger partial charge >= 0.3 is 0 Å². The molecule has 17 heavy (non-hydrogen) atoms. The minimum Gasteiger partial charge on any atom is -0.464 e. The minimum atomic E-state index is 0.259. The van der Waals surface area contributed by atoms with Crippen LogP contribution in [0.2, 0.25) is 0 Å². The lowest BCUT2D eigenvalue weighted by atomic mass is 10.2. The highest BCUT2D eigenvalue weighted by Gasteiger charge is 2.05. The zero-order valence-electron chi connectivity index (χ0n) is 10.9. The molecule has 0 radical (unpaired) electrons. The van der Waals surface area contributed by atoms with Crippen molar-refractivity contribution in [3.63, 3.8) is 0 Å². The fourth-order valence-electron chi connectivity index (χ4n) is 1.31. The summed E-state index contributed by atoms with van der Waals surface area (Å²) in [5, 5.41) is 12.2. The molecule has 0 aliphatic carbocycles. The predicted molar refractivity (Wildman–Crippen MR) is 73.1 cm³/mol. The molecule has 98 valence electrons. The quantitative estimate of drug-likeness (QED) is 0.751. The van der Waals surface area contributed by atoms with E-state index in [2.05, 4.69) is 19.2 Å². The molecule has 0 aliphatic rings. The van der Waals surface area contributed by atoms with Crippen LogP contribution in [0.3, 0.4) is 0 Å². The zero-order valence-corrected chi connectivity index (χ0v) is 11.7. The van der Waals surface area contributed by atoms with E-state index in [9.17, 15) is 0 Å². The maximum absolute atomic E-state index is 8.91. The highest BCUT2D eigenvalue weighted by Crippen LogP contribution is 2.17. The van der Waals surface area contributed by atoms with E-state index >= 15 is 0 Å². The Morgan fingerprint density at radius 3 is 2.65 bits per heavy atom. The highest BCUT2D eigenvalue weighted by molar-refractivity contribution is 7.98. The van der Waals surface area contributed by atoms with Crippen molar-refractivity contribution >= 4 is 11.8 Å². The van der Waals surface area contributed by atoms with Gasteiger partial charge in [-0.05, 0) is 23.8 Å². The Morgan fingerprint density at radius 2 is 2.00 bits per heavy atom. The van der Waals surface area contributed by atoms with Crippen LogP contribution < -0.4 is 5.32 Å². The smallest absolute Gasteiger partial charge is 0.118 e. The molecule has 1 atom stereocenters. The Hall–Kier alpha value is -0.450. The van der Waals surface area contributed by atoms with Gasteiger partial charge in [0.25, 0.3) is 0 Å². The summed E-state index contributed by atoms with van der Waals surface area (Å²) in [7, 11) is 0. The van der Waals surface area contributed by atoms with Crippen LogP contribution in [-0.2, 0) is 12.3 Å². The van der Waals surface area contributed by atoms with Crippen LogP contribution >= 0.6 is 11.8 Å². The molecule has 2 N–H and O–H groups in total. The van der Waals surface area contributed by atoms with Gasteiger partial charge in [0.05, 0.1) is 12.3 Å². The molecule has 1 aromatic rings. The first-order valence-corrected chi connectivity index (χ1v) is 7.27. The molecule has 3 nitrogen and oxygen atoms in total. The SMILES string of the molecule is CC(CO)CSCc1ccc(CNC(C)C)o1. The van der Waals surface area contributed by atoms with Gasteiger partial charge in [-0.25, -0.2) is 0 Å². The molecule has 0 aromatic carbocycles. The standard InChI is InChI=1S/C13H23NO2S/c1-10(2)14-6-12-4-5-13(16-12)9-17-8-11(3)7-15/h4-5,10-11,14-15H,6-9H2,1-3H3. The Balaban J connectivity index is 2.25. The van der Waals surface area contributed by atoms with Gasteiger partial charge in [-0.15, -0.1) is 0 Å². The first-order chi connectivity index (χ1) is 8.11. The topological polar surface area (TPSA) is 45.4 Å². The number of rotatable bonds is 8. The lowest BCUT2D eigenvalue weighted by molar-refractivity contribution is 0.250. The summed E-state index contributed by atoms with van der Waals surface area (Å²) >= 11 is 1.80. The average Bonchev–Trinajstić information content (AvgIpc) is 2.74. The molecule has 1 unspecified atom stereocenters. The number of furan rings is 1. The van der Waals surface area contributed by atoms with Crippen molar-refractivity contribution in [2.24, 2.45) is 5.92 Å². The number of thioether (sulfide) groups is 1. The van der Waals surface area contributed by atoms with Gasteiger partial charge in [0, 0.05) is 12.6 Å². The lowest BCUT2D eigenvalue weighted by Gasteiger charge is -2.06. The number of aliphatic hydroxyl groups excluding tert-OH is 1. The summed E-state index contributed by atoms with van der Waals surface area (Å²) in [6.45, 7) is 7.34. The van der Waals surface area contributed by atoms with Gasteiger partial charge in [-0.3, -0.25) is 0 Å². The Bertz CT molecular complexity index is 312. The van der Waals surface area contributed by atoms with Crippen LogP contribution in [-0.4, -0.2) is 23.5 Å². The van der Waals surface area contributed by atoms with Crippen LogP contribution in [0.25, 0.3) is 0 Å². The highest BCUT2D eigenvalue weighted by atomic mass is 32.2. The van der Waals surface area contributed by atoms with Gasteiger partial charge in [0.2, 0.25) is 0 Å². The maximum atomic E-state index is 8.91. The van der Waals surface area contributed by atoms with Gasteiger partial charge in [-0.2, -0.15) is 11.8 Å². The Morgan fingerprint density at radius 1 is 1.29 bits per heavy atom. The van der Waals surface area contributed by atoms with Crippen molar-refractivity contribution < 1.29 is 9.52 Å². The molecular weight excluding hydrogens is 234 g/mol. The number of nitrogens with one attached hydrogen (secondary N) is 1. The second-order valence-corrected chi connectivity index (χ2v) is 5.74. The third-order valence-corrected chi connectivity index (χ3v) is 3.65. The van der Waals surface area contributed by atoms with Crippen LogP contribution in [0.5, 0.6) is 0 Å². The van der Waals surface area contributed by atoms with Gasteiger partial charge < -0.3 is 14.8 Å². The number of hydrogen-bond donors (Lipinski definition) is 2. The van der Waals surface area contributed by atoms with Crippen molar-refractivity contribution in [3.8, 4) is 0 Å². The summed E-state index contributed by atoms with van der Waals surface area (Å²) in [4.78, 5) is 0. The lowest BCUT2D eigenvalue weighted by Crippen LogP contribution is -2.21. The number of hydrogen-bond acceptors (Lipinski definition) is 4. The van der Waals surface area contributed by atoms with Crippen molar-refractivity contribution in [2.45, 2.75) is 39.1 Å². The van der Waals surface area contributed by atoms with E-state index in [1.807, 2.05) is 19.1 Å². The fourth-order valence-corrected chi connectivity index (χ4v) is 2.29. The van der Waals surface area contributed by atoms with Crippen molar-refractivity contribution in [3.05, 3.63) is 23.7 Å². The monoisotopic (exact) mass is 257 g/mol. The summed E-state index contributed by atoms with van der Waals surface area (Å²) in [6, 6.07) is 4.54. The average molecular weight is 257 g/mol. The van der Waals surface area contributed by atoms with Crippen LogP contribution in [0.4, 0.5) is 0 Å². The van der Waals surface area contributed by atoms with Crippen molar-refractivity contribution in [1.82, 2.24) is 5.32 Å². The molecular formula is C13H23NO2S. The minimum absolute atomic E-state index is 0.259. The predicted octanol–water partition coefficient (Wildman–Crippen LogP) is 2.64. The van der Waals surface area contributed by atoms with Crippen molar-refractivity contribution in [1.29, 1.82) is 0 Å². The van der Waals surface area contributed by atoms with E-state index in [1.54, 1.807) is 11.8 Å². The zero-order chi connectivity index (χ0) is 12.7. The first kappa shape index (κ1) is 14.6. The summed E-state index contributed by atoms with van der Waals surface area (Å²) in [5.41, 5.74) is 0. The molecule has 0 saturated heterocycles. The largest absolute Gasteiger partial charge is 0.464 e. The molecule has 0 fully saturated rings. The molecule has 1 aromatic heterocycles. The third kappa shape index (κ3) is 6.15. The first-order valence-electron chi connectivity index (χ1n) is 6.11. The second-order valence-electron chi connectivity index (χ2n) is 4.71. The molecule has 0 saturated carbocycles. The van der Waals surface area contributed by atoms with Gasteiger partial charge in [0.15, 0.2) is 0 Å². The normalized spacial score (nSPS) is 13.2. The van der Waals surface area contributed by atoms with Crippen LogP contribution in [0.15, 0.2) is 16.5 Å².